The van der Waals surface area contributed by atoms with Crippen molar-refractivity contribution in [3.8, 4) is 0 Å². The molecule has 0 aliphatic rings. The smallest absolute Gasteiger partial charge is 0.308 e. The molecule has 0 aliphatic carbocycles. The summed E-state index contributed by atoms with van der Waals surface area (Å²) in [6, 6.07) is 0. The molecule has 0 aromatic rings. The van der Waals surface area contributed by atoms with E-state index in [9.17, 15) is 9.59 Å². The first-order chi connectivity index (χ1) is 10.0. The van der Waals surface area contributed by atoms with Gasteiger partial charge in [0.2, 0.25) is 0 Å². The lowest BCUT2D eigenvalue weighted by molar-refractivity contribution is -0.145. The second kappa shape index (κ2) is 16.9. The molecular weight excluding hydrogens is 276 g/mol. The molecule has 1 N–H and O–H groups in total. The van der Waals surface area contributed by atoms with Gasteiger partial charge in [-0.15, -0.1) is 0 Å². The standard InChI is InChI=1S/C8H16O3.C7H14O3/c1-3-4-5-7(6-11-2)8(9)10;1-3-5-10-7(8)4-6-9-2/h7H,3-6H2,1-2H3,(H,9,10);3-6H2,1-2H3. The Labute approximate surface area is 127 Å². The van der Waals surface area contributed by atoms with Crippen molar-refractivity contribution >= 4 is 11.9 Å². The summed E-state index contributed by atoms with van der Waals surface area (Å²) >= 11 is 0. The van der Waals surface area contributed by atoms with Crippen LogP contribution in [0.25, 0.3) is 0 Å². The lowest BCUT2D eigenvalue weighted by Crippen LogP contribution is -2.18. The van der Waals surface area contributed by atoms with Gasteiger partial charge >= 0.3 is 11.9 Å². The monoisotopic (exact) mass is 306 g/mol. The average molecular weight is 306 g/mol. The fraction of sp³-hybridized carbons (Fsp3) is 0.867. The Morgan fingerprint density at radius 3 is 2.14 bits per heavy atom. The van der Waals surface area contributed by atoms with E-state index >= 15 is 0 Å². The van der Waals surface area contributed by atoms with Gasteiger partial charge < -0.3 is 19.3 Å². The van der Waals surface area contributed by atoms with Crippen LogP contribution in [0, 0.1) is 5.92 Å². The Morgan fingerprint density at radius 1 is 1.05 bits per heavy atom. The number of carbonyl (C=O) groups excluding carboxylic acids is 1. The molecule has 0 fully saturated rings. The predicted molar refractivity (Wildman–Crippen MR) is 80.3 cm³/mol. The van der Waals surface area contributed by atoms with Gasteiger partial charge in [-0.3, -0.25) is 9.59 Å². The van der Waals surface area contributed by atoms with Crippen LogP contribution in [0.2, 0.25) is 0 Å². The molecule has 0 spiro atoms. The zero-order chi connectivity index (χ0) is 16.5. The molecule has 126 valence electrons. The van der Waals surface area contributed by atoms with Gasteiger partial charge in [0, 0.05) is 14.2 Å². The molecule has 1 unspecified atom stereocenters. The summed E-state index contributed by atoms with van der Waals surface area (Å²) in [5.41, 5.74) is 0. The molecule has 0 heterocycles. The largest absolute Gasteiger partial charge is 0.481 e. The number of methoxy groups -OCH3 is 2. The van der Waals surface area contributed by atoms with Crippen LogP contribution >= 0.6 is 0 Å². The molecule has 0 aromatic heterocycles. The van der Waals surface area contributed by atoms with E-state index in [0.29, 0.717) is 26.2 Å². The Kier molecular flexibility index (Phi) is 17.8. The predicted octanol–water partition coefficient (Wildman–Crippen LogP) is 2.50. The summed E-state index contributed by atoms with van der Waals surface area (Å²) in [6.45, 7) is 5.30. The summed E-state index contributed by atoms with van der Waals surface area (Å²) < 4.78 is 14.2. The summed E-state index contributed by atoms with van der Waals surface area (Å²) in [5, 5.41) is 8.65. The fourth-order valence-electron chi connectivity index (χ4n) is 1.40. The number of aliphatic carboxylic acids is 1. The minimum absolute atomic E-state index is 0.177. The second-order valence-corrected chi connectivity index (χ2v) is 4.60. The third-order valence-electron chi connectivity index (χ3n) is 2.60. The highest BCUT2D eigenvalue weighted by Gasteiger charge is 2.15. The van der Waals surface area contributed by atoms with Crippen molar-refractivity contribution in [3.63, 3.8) is 0 Å². The molecule has 0 aliphatic heterocycles. The quantitative estimate of drug-likeness (QED) is 0.591. The van der Waals surface area contributed by atoms with Crippen LogP contribution in [-0.2, 0) is 23.8 Å². The lowest BCUT2D eigenvalue weighted by Gasteiger charge is -2.09. The molecule has 0 aromatic carbocycles. The number of carbonyl (C=O) groups is 2. The van der Waals surface area contributed by atoms with E-state index < -0.39 is 5.97 Å². The van der Waals surface area contributed by atoms with Gasteiger partial charge in [-0.25, -0.2) is 0 Å². The van der Waals surface area contributed by atoms with Gasteiger partial charge in [0.15, 0.2) is 0 Å². The molecule has 0 saturated heterocycles. The number of rotatable bonds is 11. The van der Waals surface area contributed by atoms with E-state index in [1.807, 2.05) is 13.8 Å². The molecule has 0 amide bonds. The van der Waals surface area contributed by atoms with Crippen molar-refractivity contribution in [2.24, 2.45) is 5.92 Å². The molecule has 0 saturated carbocycles. The molecule has 0 bridgehead atoms. The minimum Gasteiger partial charge on any atom is -0.481 e. The van der Waals surface area contributed by atoms with Crippen LogP contribution in [0.1, 0.15) is 46.0 Å². The average Bonchev–Trinajstić information content (AvgIpc) is 2.47. The number of carboxylic acids is 1. The van der Waals surface area contributed by atoms with E-state index in [-0.39, 0.29) is 11.9 Å². The lowest BCUT2D eigenvalue weighted by atomic mass is 10.0. The van der Waals surface area contributed by atoms with E-state index in [4.69, 9.17) is 19.3 Å². The summed E-state index contributed by atoms with van der Waals surface area (Å²) in [6.07, 6.45) is 3.95. The Balaban J connectivity index is 0. The van der Waals surface area contributed by atoms with Crippen LogP contribution < -0.4 is 0 Å². The van der Waals surface area contributed by atoms with Gasteiger partial charge in [-0.2, -0.15) is 0 Å². The number of esters is 1. The van der Waals surface area contributed by atoms with E-state index in [1.165, 1.54) is 7.11 Å². The van der Waals surface area contributed by atoms with E-state index in [1.54, 1.807) is 7.11 Å². The van der Waals surface area contributed by atoms with Crippen LogP contribution in [0.3, 0.4) is 0 Å². The maximum absolute atomic E-state index is 10.7. The Hall–Kier alpha value is -1.14. The van der Waals surface area contributed by atoms with E-state index in [0.717, 1.165) is 25.7 Å². The minimum atomic E-state index is -0.750. The zero-order valence-electron chi connectivity index (χ0n) is 13.7. The van der Waals surface area contributed by atoms with Crippen molar-refractivity contribution in [1.29, 1.82) is 0 Å². The van der Waals surface area contributed by atoms with Crippen LogP contribution in [-0.4, -0.2) is 51.1 Å². The summed E-state index contributed by atoms with van der Waals surface area (Å²) in [4.78, 5) is 21.2. The highest BCUT2D eigenvalue weighted by molar-refractivity contribution is 5.70. The van der Waals surface area contributed by atoms with Gasteiger partial charge in [0.25, 0.3) is 0 Å². The molecule has 6 nitrogen and oxygen atoms in total. The Morgan fingerprint density at radius 2 is 1.71 bits per heavy atom. The molecule has 6 heteroatoms. The highest BCUT2D eigenvalue weighted by Crippen LogP contribution is 2.08. The summed E-state index contributed by atoms with van der Waals surface area (Å²) in [7, 11) is 3.09. The van der Waals surface area contributed by atoms with Crippen molar-refractivity contribution in [1.82, 2.24) is 0 Å². The van der Waals surface area contributed by atoms with Crippen molar-refractivity contribution < 1.29 is 28.9 Å². The van der Waals surface area contributed by atoms with Crippen LogP contribution in [0.15, 0.2) is 0 Å². The SMILES string of the molecule is CCCCC(COC)C(=O)O.CCCOC(=O)CCOC. The third kappa shape index (κ3) is 16.8. The number of hydrogen-bond donors (Lipinski definition) is 1. The van der Waals surface area contributed by atoms with Crippen molar-refractivity contribution in [3.05, 3.63) is 0 Å². The summed E-state index contributed by atoms with van der Waals surface area (Å²) in [5.74, 6) is -1.25. The van der Waals surface area contributed by atoms with Gasteiger partial charge in [0.1, 0.15) is 0 Å². The highest BCUT2D eigenvalue weighted by atomic mass is 16.5. The fourth-order valence-corrected chi connectivity index (χ4v) is 1.40. The number of unbranched alkanes of at least 4 members (excludes halogenated alkanes) is 1. The van der Waals surface area contributed by atoms with Crippen molar-refractivity contribution in [2.45, 2.75) is 46.0 Å². The molecule has 1 atom stereocenters. The molecule has 0 radical (unpaired) electrons. The first-order valence-electron chi connectivity index (χ1n) is 7.39. The number of hydrogen-bond acceptors (Lipinski definition) is 5. The maximum Gasteiger partial charge on any atom is 0.308 e. The van der Waals surface area contributed by atoms with Gasteiger partial charge in [-0.05, 0) is 12.8 Å². The zero-order valence-corrected chi connectivity index (χ0v) is 13.7. The van der Waals surface area contributed by atoms with Crippen LogP contribution in [0.5, 0.6) is 0 Å². The van der Waals surface area contributed by atoms with Crippen LogP contribution in [0.4, 0.5) is 0 Å². The first-order valence-corrected chi connectivity index (χ1v) is 7.39. The Bertz CT molecular complexity index is 245. The third-order valence-corrected chi connectivity index (χ3v) is 2.60. The molecule has 0 rings (SSSR count). The van der Waals surface area contributed by atoms with Gasteiger partial charge in [0.05, 0.1) is 32.2 Å². The second-order valence-electron chi connectivity index (χ2n) is 4.60. The van der Waals surface area contributed by atoms with E-state index in [2.05, 4.69) is 0 Å². The topological polar surface area (TPSA) is 82.1 Å². The molecule has 21 heavy (non-hydrogen) atoms. The van der Waals surface area contributed by atoms with Crippen molar-refractivity contribution in [2.75, 3.05) is 34.0 Å². The normalized spacial score (nSPS) is 11.2. The molecular formula is C15H30O6. The first kappa shape index (κ1) is 22.1. The maximum atomic E-state index is 10.7. The number of ether oxygens (including phenoxy) is 3. The number of carboxylic acid groups (broad SMARTS) is 1. The van der Waals surface area contributed by atoms with Gasteiger partial charge in [-0.1, -0.05) is 26.7 Å².